The Balaban J connectivity index is 2.16. The summed E-state index contributed by atoms with van der Waals surface area (Å²) < 4.78 is 6.39. The quantitative estimate of drug-likeness (QED) is 0.636. The van der Waals surface area contributed by atoms with Gasteiger partial charge in [0.1, 0.15) is 12.4 Å². The number of hydrogen-bond donors (Lipinski definition) is 0. The smallest absolute Gasteiger partial charge is 0.272 e. The zero-order chi connectivity index (χ0) is 13.8. The third kappa shape index (κ3) is 3.29. The molecule has 0 radical (unpaired) electrons. The number of ether oxygens (including phenoxy) is 1. The normalized spacial score (nSPS) is 10.2. The fourth-order valence-corrected chi connectivity index (χ4v) is 2.00. The van der Waals surface area contributed by atoms with Gasteiger partial charge in [0.2, 0.25) is 0 Å². The molecular formula is C13H11BrN2O3. The predicted octanol–water partition coefficient (Wildman–Crippen LogP) is 3.64. The minimum Gasteiger partial charge on any atom is -0.487 e. The Morgan fingerprint density at radius 2 is 2.21 bits per heavy atom. The van der Waals surface area contributed by atoms with Crippen LogP contribution < -0.4 is 4.74 Å². The average Bonchev–Trinajstić information content (AvgIpc) is 2.37. The van der Waals surface area contributed by atoms with E-state index in [2.05, 4.69) is 20.9 Å². The molecular weight excluding hydrogens is 312 g/mol. The molecule has 0 saturated carbocycles. The van der Waals surface area contributed by atoms with Gasteiger partial charge >= 0.3 is 0 Å². The van der Waals surface area contributed by atoms with E-state index in [-0.39, 0.29) is 17.2 Å². The van der Waals surface area contributed by atoms with Crippen molar-refractivity contribution in [3.05, 3.63) is 62.4 Å². The molecule has 19 heavy (non-hydrogen) atoms. The molecule has 0 aliphatic heterocycles. The topological polar surface area (TPSA) is 65.3 Å². The van der Waals surface area contributed by atoms with Crippen LogP contribution >= 0.6 is 15.9 Å². The number of nitro groups is 1. The summed E-state index contributed by atoms with van der Waals surface area (Å²) in [6, 6.07) is 6.75. The highest BCUT2D eigenvalue weighted by Gasteiger charge is 2.13. The number of benzene rings is 1. The van der Waals surface area contributed by atoms with Crippen LogP contribution in [0.1, 0.15) is 11.1 Å². The molecule has 0 spiro atoms. The standard InChI is InChI=1S/C13H11BrN2O3/c1-9-10(3-2-4-13(9)16(17)18)8-19-12-5-11(14)6-15-7-12/h2-7H,8H2,1H3. The van der Waals surface area contributed by atoms with Gasteiger partial charge in [0, 0.05) is 22.3 Å². The van der Waals surface area contributed by atoms with Crippen LogP contribution in [-0.4, -0.2) is 9.91 Å². The molecule has 6 heteroatoms. The first kappa shape index (κ1) is 13.5. The maximum atomic E-state index is 10.8. The molecule has 0 saturated heterocycles. The van der Waals surface area contributed by atoms with Gasteiger partial charge in [0.25, 0.3) is 5.69 Å². The summed E-state index contributed by atoms with van der Waals surface area (Å²) in [5.74, 6) is 0.611. The van der Waals surface area contributed by atoms with Gasteiger partial charge in [-0.05, 0) is 34.5 Å². The summed E-state index contributed by atoms with van der Waals surface area (Å²) in [5, 5.41) is 10.8. The van der Waals surface area contributed by atoms with E-state index in [4.69, 9.17) is 4.74 Å². The van der Waals surface area contributed by atoms with Gasteiger partial charge in [0.05, 0.1) is 11.1 Å². The van der Waals surface area contributed by atoms with Crippen LogP contribution in [0.15, 0.2) is 41.1 Å². The van der Waals surface area contributed by atoms with Crippen molar-refractivity contribution in [2.24, 2.45) is 0 Å². The summed E-state index contributed by atoms with van der Waals surface area (Å²) in [4.78, 5) is 14.4. The Hall–Kier alpha value is -1.95. The first-order valence-electron chi connectivity index (χ1n) is 5.54. The highest BCUT2D eigenvalue weighted by atomic mass is 79.9. The molecule has 0 bridgehead atoms. The lowest BCUT2D eigenvalue weighted by Gasteiger charge is -2.08. The Morgan fingerprint density at radius 3 is 2.89 bits per heavy atom. The molecule has 5 nitrogen and oxygen atoms in total. The SMILES string of the molecule is Cc1c(COc2cncc(Br)c2)cccc1[N+](=O)[O-]. The van der Waals surface area contributed by atoms with Gasteiger partial charge in [-0.15, -0.1) is 0 Å². The van der Waals surface area contributed by atoms with Crippen molar-refractivity contribution < 1.29 is 9.66 Å². The first-order chi connectivity index (χ1) is 9.08. The lowest BCUT2D eigenvalue weighted by atomic mass is 10.1. The van der Waals surface area contributed by atoms with E-state index < -0.39 is 0 Å². The van der Waals surface area contributed by atoms with Crippen molar-refractivity contribution in [1.82, 2.24) is 4.98 Å². The van der Waals surface area contributed by atoms with E-state index in [0.717, 1.165) is 10.0 Å². The van der Waals surface area contributed by atoms with Crippen LogP contribution in [0.3, 0.4) is 0 Å². The van der Waals surface area contributed by atoms with E-state index >= 15 is 0 Å². The number of halogens is 1. The number of aromatic nitrogens is 1. The predicted molar refractivity (Wildman–Crippen MR) is 74.1 cm³/mol. The third-order valence-corrected chi connectivity index (χ3v) is 3.12. The fraction of sp³-hybridized carbons (Fsp3) is 0.154. The van der Waals surface area contributed by atoms with Gasteiger partial charge in [0.15, 0.2) is 0 Å². The molecule has 1 aromatic carbocycles. The highest BCUT2D eigenvalue weighted by molar-refractivity contribution is 9.10. The van der Waals surface area contributed by atoms with Gasteiger partial charge in [-0.2, -0.15) is 0 Å². The van der Waals surface area contributed by atoms with E-state index in [0.29, 0.717) is 11.3 Å². The fourth-order valence-electron chi connectivity index (χ4n) is 1.66. The molecule has 0 unspecified atom stereocenters. The molecule has 1 heterocycles. The number of nitrogens with zero attached hydrogens (tertiary/aromatic N) is 2. The second-order valence-electron chi connectivity index (χ2n) is 3.95. The monoisotopic (exact) mass is 322 g/mol. The lowest BCUT2D eigenvalue weighted by molar-refractivity contribution is -0.385. The second kappa shape index (κ2) is 5.79. The third-order valence-electron chi connectivity index (χ3n) is 2.69. The number of nitro benzene ring substituents is 1. The molecule has 1 aromatic heterocycles. The zero-order valence-electron chi connectivity index (χ0n) is 10.2. The van der Waals surface area contributed by atoms with Crippen LogP contribution in [0.4, 0.5) is 5.69 Å². The second-order valence-corrected chi connectivity index (χ2v) is 4.86. The molecule has 2 rings (SSSR count). The summed E-state index contributed by atoms with van der Waals surface area (Å²) in [6.45, 7) is 1.99. The molecule has 0 amide bonds. The van der Waals surface area contributed by atoms with Crippen molar-refractivity contribution in [3.63, 3.8) is 0 Å². The summed E-state index contributed by atoms with van der Waals surface area (Å²) >= 11 is 3.30. The number of hydrogen-bond acceptors (Lipinski definition) is 4. The summed E-state index contributed by atoms with van der Waals surface area (Å²) in [7, 11) is 0. The van der Waals surface area contributed by atoms with Crippen LogP contribution in [0.5, 0.6) is 5.75 Å². The van der Waals surface area contributed by atoms with Gasteiger partial charge < -0.3 is 4.74 Å². The molecule has 98 valence electrons. The molecule has 0 aliphatic carbocycles. The van der Waals surface area contributed by atoms with Crippen LogP contribution in [0.2, 0.25) is 0 Å². The van der Waals surface area contributed by atoms with Crippen LogP contribution in [-0.2, 0) is 6.61 Å². The molecule has 0 fully saturated rings. The Labute approximate surface area is 118 Å². The maximum absolute atomic E-state index is 10.8. The zero-order valence-corrected chi connectivity index (χ0v) is 11.8. The van der Waals surface area contributed by atoms with E-state index in [1.807, 2.05) is 6.07 Å². The number of rotatable bonds is 4. The van der Waals surface area contributed by atoms with Gasteiger partial charge in [-0.25, -0.2) is 0 Å². The van der Waals surface area contributed by atoms with E-state index in [9.17, 15) is 10.1 Å². The first-order valence-corrected chi connectivity index (χ1v) is 6.33. The summed E-state index contributed by atoms with van der Waals surface area (Å²) in [6.07, 6.45) is 3.25. The molecule has 0 aliphatic rings. The van der Waals surface area contributed by atoms with Crippen LogP contribution in [0, 0.1) is 17.0 Å². The van der Waals surface area contributed by atoms with E-state index in [1.54, 1.807) is 31.5 Å². The van der Waals surface area contributed by atoms with Gasteiger partial charge in [-0.3, -0.25) is 15.1 Å². The van der Waals surface area contributed by atoms with Crippen LogP contribution in [0.25, 0.3) is 0 Å². The highest BCUT2D eigenvalue weighted by Crippen LogP contribution is 2.23. The number of pyridine rings is 1. The summed E-state index contributed by atoms with van der Waals surface area (Å²) in [5.41, 5.74) is 1.51. The molecule has 0 N–H and O–H groups in total. The minimum absolute atomic E-state index is 0.105. The van der Waals surface area contributed by atoms with Crippen molar-refractivity contribution in [3.8, 4) is 5.75 Å². The van der Waals surface area contributed by atoms with Gasteiger partial charge in [-0.1, -0.05) is 12.1 Å². The van der Waals surface area contributed by atoms with Crippen molar-refractivity contribution >= 4 is 21.6 Å². The Morgan fingerprint density at radius 1 is 1.42 bits per heavy atom. The van der Waals surface area contributed by atoms with Crippen molar-refractivity contribution in [2.45, 2.75) is 13.5 Å². The molecule has 0 atom stereocenters. The maximum Gasteiger partial charge on any atom is 0.272 e. The largest absolute Gasteiger partial charge is 0.487 e. The minimum atomic E-state index is -0.389. The lowest BCUT2D eigenvalue weighted by Crippen LogP contribution is -2.01. The Bertz CT molecular complexity index is 617. The molecule has 2 aromatic rings. The van der Waals surface area contributed by atoms with Crippen molar-refractivity contribution in [1.29, 1.82) is 0 Å². The van der Waals surface area contributed by atoms with Crippen molar-refractivity contribution in [2.75, 3.05) is 0 Å². The Kier molecular flexibility index (Phi) is 4.11. The average molecular weight is 323 g/mol. The van der Waals surface area contributed by atoms with E-state index in [1.165, 1.54) is 6.07 Å².